The summed E-state index contributed by atoms with van der Waals surface area (Å²) in [6.07, 6.45) is 0.336. The summed E-state index contributed by atoms with van der Waals surface area (Å²) in [6.45, 7) is 3.91. The minimum absolute atomic E-state index is 0.0518. The highest BCUT2D eigenvalue weighted by Gasteiger charge is 2.27. The molecule has 10 heavy (non-hydrogen) atoms. The minimum atomic E-state index is -0.315. The average Bonchev–Trinajstić information content (AvgIpc) is 2.34. The first kappa shape index (κ1) is 7.69. The molecule has 0 radical (unpaired) electrons. The van der Waals surface area contributed by atoms with Gasteiger partial charge < -0.3 is 9.47 Å². The van der Waals surface area contributed by atoms with E-state index in [2.05, 4.69) is 0 Å². The zero-order valence-electron chi connectivity index (χ0n) is 6.29. The van der Waals surface area contributed by atoms with Gasteiger partial charge in [-0.25, -0.2) is 0 Å². The molecule has 1 unspecified atom stereocenters. The van der Waals surface area contributed by atoms with Crippen LogP contribution < -0.4 is 0 Å². The third kappa shape index (κ3) is 1.55. The summed E-state index contributed by atoms with van der Waals surface area (Å²) in [7, 11) is 0. The van der Waals surface area contributed by atoms with Gasteiger partial charge in [0.2, 0.25) is 0 Å². The second-order valence-electron chi connectivity index (χ2n) is 2.41. The quantitative estimate of drug-likeness (QED) is 0.573. The number of hydrogen-bond donors (Lipinski definition) is 0. The van der Waals surface area contributed by atoms with Gasteiger partial charge >= 0.3 is 0 Å². The van der Waals surface area contributed by atoms with Gasteiger partial charge in [-0.1, -0.05) is 6.92 Å². The predicted molar refractivity (Wildman–Crippen MR) is 35.6 cm³/mol. The Hall–Kier alpha value is -0.410. The molecule has 1 saturated heterocycles. The van der Waals surface area contributed by atoms with Gasteiger partial charge in [-0.2, -0.15) is 0 Å². The maximum Gasteiger partial charge on any atom is 0.161 e. The number of rotatable bonds is 2. The van der Waals surface area contributed by atoms with Crippen molar-refractivity contribution < 1.29 is 14.3 Å². The van der Waals surface area contributed by atoms with Gasteiger partial charge in [0.1, 0.15) is 6.10 Å². The summed E-state index contributed by atoms with van der Waals surface area (Å²) in [5, 5.41) is 0. The Balaban J connectivity index is 2.35. The molecule has 0 aromatic rings. The molecule has 0 bridgehead atoms. The molecule has 0 saturated carbocycles. The molecule has 3 nitrogen and oxygen atoms in total. The molecule has 3 heteroatoms. The summed E-state index contributed by atoms with van der Waals surface area (Å²) in [5.74, 6) is 0.0518. The molecule has 0 amide bonds. The van der Waals surface area contributed by atoms with E-state index in [1.165, 1.54) is 6.92 Å². The first-order valence-corrected chi connectivity index (χ1v) is 3.51. The van der Waals surface area contributed by atoms with Gasteiger partial charge in [0.05, 0.1) is 6.61 Å². The van der Waals surface area contributed by atoms with Crippen molar-refractivity contribution in [2.45, 2.75) is 32.7 Å². The van der Waals surface area contributed by atoms with Gasteiger partial charge in [-0.15, -0.1) is 0 Å². The van der Waals surface area contributed by atoms with E-state index in [9.17, 15) is 4.79 Å². The lowest BCUT2D eigenvalue weighted by atomic mass is 10.3. The molecule has 2 atom stereocenters. The van der Waals surface area contributed by atoms with Gasteiger partial charge in [-0.05, 0) is 13.3 Å². The first-order valence-electron chi connectivity index (χ1n) is 3.51. The highest BCUT2D eigenvalue weighted by atomic mass is 16.7. The Morgan fingerprint density at radius 3 is 2.70 bits per heavy atom. The predicted octanol–water partition coefficient (Wildman–Crippen LogP) is 0.727. The molecule has 0 aliphatic carbocycles. The molecule has 0 N–H and O–H groups in total. The second kappa shape index (κ2) is 3.12. The molecule has 1 aliphatic heterocycles. The van der Waals surface area contributed by atoms with Crippen LogP contribution in [0.3, 0.4) is 0 Å². The maximum atomic E-state index is 10.7. The highest BCUT2D eigenvalue weighted by Crippen LogP contribution is 2.14. The Morgan fingerprint density at radius 2 is 2.40 bits per heavy atom. The number of ether oxygens (including phenoxy) is 2. The zero-order chi connectivity index (χ0) is 7.56. The van der Waals surface area contributed by atoms with Gasteiger partial charge in [0.25, 0.3) is 0 Å². The molecule has 58 valence electrons. The maximum absolute atomic E-state index is 10.7. The number of Topliss-reactive ketones (excluding diaryl/α,β-unsaturated/α-hetero) is 1. The molecule has 0 aromatic carbocycles. The van der Waals surface area contributed by atoms with Crippen molar-refractivity contribution in [3.63, 3.8) is 0 Å². The Labute approximate surface area is 60.3 Å². The number of carbonyl (C=O) groups excluding carboxylic acids is 1. The Morgan fingerprint density at radius 1 is 1.70 bits per heavy atom. The van der Waals surface area contributed by atoms with Crippen molar-refractivity contribution in [1.29, 1.82) is 0 Å². The van der Waals surface area contributed by atoms with Crippen LogP contribution in [0.25, 0.3) is 0 Å². The van der Waals surface area contributed by atoms with Crippen molar-refractivity contribution in [2.24, 2.45) is 0 Å². The fourth-order valence-corrected chi connectivity index (χ4v) is 0.884. The van der Waals surface area contributed by atoms with E-state index < -0.39 is 0 Å². The van der Waals surface area contributed by atoms with Gasteiger partial charge in [-0.3, -0.25) is 4.79 Å². The molecule has 1 fully saturated rings. The van der Waals surface area contributed by atoms with Crippen molar-refractivity contribution >= 4 is 5.78 Å². The monoisotopic (exact) mass is 144 g/mol. The van der Waals surface area contributed by atoms with Gasteiger partial charge in [0, 0.05) is 0 Å². The van der Waals surface area contributed by atoms with Crippen LogP contribution in [0.4, 0.5) is 0 Å². The van der Waals surface area contributed by atoms with Crippen molar-refractivity contribution in [2.75, 3.05) is 6.61 Å². The van der Waals surface area contributed by atoms with Crippen LogP contribution in [-0.4, -0.2) is 24.8 Å². The van der Waals surface area contributed by atoms with E-state index in [0.29, 0.717) is 6.61 Å². The smallest absolute Gasteiger partial charge is 0.161 e. The van der Waals surface area contributed by atoms with Crippen LogP contribution in [-0.2, 0) is 14.3 Å². The minimum Gasteiger partial charge on any atom is -0.349 e. The summed E-state index contributed by atoms with van der Waals surface area (Å²) < 4.78 is 10.3. The van der Waals surface area contributed by atoms with Crippen molar-refractivity contribution in [3.05, 3.63) is 0 Å². The van der Waals surface area contributed by atoms with Crippen molar-refractivity contribution in [1.82, 2.24) is 0 Å². The third-order valence-corrected chi connectivity index (χ3v) is 1.54. The fourth-order valence-electron chi connectivity index (χ4n) is 0.884. The lowest BCUT2D eigenvalue weighted by Crippen LogP contribution is -2.20. The number of carbonyl (C=O) groups is 1. The Kier molecular flexibility index (Phi) is 2.40. The van der Waals surface area contributed by atoms with Crippen molar-refractivity contribution in [3.8, 4) is 0 Å². The highest BCUT2D eigenvalue weighted by molar-refractivity contribution is 5.80. The van der Waals surface area contributed by atoms with Gasteiger partial charge in [0.15, 0.2) is 12.1 Å². The lowest BCUT2D eigenvalue weighted by Gasteiger charge is -2.05. The topological polar surface area (TPSA) is 35.5 Å². The standard InChI is InChI=1S/C7H12O3/c1-3-7-9-4-6(10-7)5(2)8/h6-7H,3-4H2,1-2H3/t6?,7-/m0/s1. The molecule has 0 spiro atoms. The average molecular weight is 144 g/mol. The van der Waals surface area contributed by atoms with Crippen LogP contribution >= 0.6 is 0 Å². The Bertz CT molecular complexity index is 133. The van der Waals surface area contributed by atoms with E-state index in [-0.39, 0.29) is 18.2 Å². The largest absolute Gasteiger partial charge is 0.349 e. The first-order chi connectivity index (χ1) is 4.74. The summed E-state index contributed by atoms with van der Waals surface area (Å²) >= 11 is 0. The molecule has 1 rings (SSSR count). The molecule has 1 aliphatic rings. The van der Waals surface area contributed by atoms with E-state index in [1.807, 2.05) is 6.92 Å². The third-order valence-electron chi connectivity index (χ3n) is 1.54. The summed E-state index contributed by atoms with van der Waals surface area (Å²) in [4.78, 5) is 10.7. The van der Waals surface area contributed by atoms with Crippen LogP contribution in [0.1, 0.15) is 20.3 Å². The summed E-state index contributed by atoms with van der Waals surface area (Å²) in [6, 6.07) is 0. The zero-order valence-corrected chi connectivity index (χ0v) is 6.29. The second-order valence-corrected chi connectivity index (χ2v) is 2.41. The van der Waals surface area contributed by atoms with Crippen LogP contribution in [0.2, 0.25) is 0 Å². The molecular weight excluding hydrogens is 132 g/mol. The number of hydrogen-bond acceptors (Lipinski definition) is 3. The fraction of sp³-hybridized carbons (Fsp3) is 0.857. The number of ketones is 1. The summed E-state index contributed by atoms with van der Waals surface area (Å²) in [5.41, 5.74) is 0. The van der Waals surface area contributed by atoms with Crippen LogP contribution in [0.15, 0.2) is 0 Å². The van der Waals surface area contributed by atoms with Crippen LogP contribution in [0, 0.1) is 0 Å². The van der Waals surface area contributed by atoms with E-state index in [0.717, 1.165) is 6.42 Å². The van der Waals surface area contributed by atoms with Crippen LogP contribution in [0.5, 0.6) is 0 Å². The lowest BCUT2D eigenvalue weighted by molar-refractivity contribution is -0.129. The van der Waals surface area contributed by atoms with E-state index >= 15 is 0 Å². The SMILES string of the molecule is CC[C@H]1OCC(C(C)=O)O1. The van der Waals surface area contributed by atoms with E-state index in [4.69, 9.17) is 9.47 Å². The van der Waals surface area contributed by atoms with E-state index in [1.54, 1.807) is 0 Å². The molecule has 1 heterocycles. The molecular formula is C7H12O3. The molecule has 0 aromatic heterocycles. The normalized spacial score (nSPS) is 32.6.